The van der Waals surface area contributed by atoms with Crippen LogP contribution in [0.4, 0.5) is 0 Å². The van der Waals surface area contributed by atoms with E-state index < -0.39 is 36.0 Å². The molecule has 5 N–H and O–H groups in total. The first-order valence-electron chi connectivity index (χ1n) is 6.46. The topological polar surface area (TPSA) is 120 Å². The molecule has 0 fully saturated rings. The number of aliphatic hydroxyl groups is 1. The van der Waals surface area contributed by atoms with Crippen molar-refractivity contribution in [2.24, 2.45) is 0 Å². The second kappa shape index (κ2) is 10.0. The number of amides is 3. The van der Waals surface area contributed by atoms with Crippen LogP contribution in [0.1, 0.15) is 20.8 Å². The van der Waals surface area contributed by atoms with E-state index in [4.69, 9.17) is 0 Å². The Bertz CT molecular complexity index is 383. The van der Waals surface area contributed by atoms with Gasteiger partial charge >= 0.3 is 0 Å². The fourth-order valence-electron chi connectivity index (χ4n) is 1.43. The van der Waals surface area contributed by atoms with E-state index in [9.17, 15) is 19.5 Å². The number of rotatable bonds is 8. The number of carbonyl (C=O) groups excluding carboxylic acids is 3. The van der Waals surface area contributed by atoms with Gasteiger partial charge in [-0.2, -0.15) is 0 Å². The van der Waals surface area contributed by atoms with Crippen LogP contribution in [-0.2, 0) is 14.4 Å². The lowest BCUT2D eigenvalue weighted by Crippen LogP contribution is -2.54. The number of hydrogen-bond acceptors (Lipinski definition) is 5. The monoisotopic (exact) mass is 338 g/mol. The molecule has 0 aliphatic rings. The minimum atomic E-state index is -1.25. The van der Waals surface area contributed by atoms with Gasteiger partial charge in [-0.3, -0.25) is 19.5 Å². The van der Waals surface area contributed by atoms with E-state index in [0.717, 1.165) is 0 Å². The fourth-order valence-corrected chi connectivity index (χ4v) is 2.29. The molecular formula is C11H24N4O4P2. The van der Waals surface area contributed by atoms with Gasteiger partial charge in [0.25, 0.3) is 5.91 Å². The normalized spacial score (nSPS) is 16.9. The minimum absolute atomic E-state index is 0.367. The maximum atomic E-state index is 11.8. The van der Waals surface area contributed by atoms with E-state index >= 15 is 0 Å². The van der Waals surface area contributed by atoms with Crippen molar-refractivity contribution in [3.63, 3.8) is 0 Å². The third kappa shape index (κ3) is 7.14. The molecule has 0 rings (SSSR count). The van der Waals surface area contributed by atoms with Crippen molar-refractivity contribution < 1.29 is 19.5 Å². The van der Waals surface area contributed by atoms with E-state index in [1.807, 2.05) is 16.1 Å². The highest BCUT2D eigenvalue weighted by Crippen LogP contribution is 2.02. The van der Waals surface area contributed by atoms with Crippen molar-refractivity contribution in [2.75, 3.05) is 6.66 Å². The highest BCUT2D eigenvalue weighted by Gasteiger charge is 2.26. The molecule has 0 saturated carbocycles. The molecule has 0 aromatic carbocycles. The molecule has 0 aliphatic heterocycles. The Morgan fingerprint density at radius 2 is 1.48 bits per heavy atom. The SMILES string of the molecule is CPNC(C)C(O)C(=O)N[C@@H](C)C(=O)N[C@@H](C)C(=O)NP. The molecule has 6 atom stereocenters. The lowest BCUT2D eigenvalue weighted by molar-refractivity contribution is -0.135. The molecule has 0 aromatic rings. The molecular weight excluding hydrogens is 314 g/mol. The zero-order chi connectivity index (χ0) is 16.6. The van der Waals surface area contributed by atoms with Crippen molar-refractivity contribution in [3.05, 3.63) is 0 Å². The highest BCUT2D eigenvalue weighted by molar-refractivity contribution is 7.34. The molecule has 0 radical (unpaired) electrons. The average Bonchev–Trinajstić information content (AvgIpc) is 2.45. The first-order valence-corrected chi connectivity index (χ1v) is 8.53. The molecule has 122 valence electrons. The van der Waals surface area contributed by atoms with Crippen molar-refractivity contribution in [2.45, 2.75) is 45.0 Å². The lowest BCUT2D eigenvalue weighted by Gasteiger charge is -2.22. The summed E-state index contributed by atoms with van der Waals surface area (Å²) in [6.07, 6.45) is -1.25. The second-order valence-corrected chi connectivity index (χ2v) is 5.67. The summed E-state index contributed by atoms with van der Waals surface area (Å²) in [5.74, 6) is -1.51. The van der Waals surface area contributed by atoms with Gasteiger partial charge in [0.2, 0.25) is 11.8 Å². The van der Waals surface area contributed by atoms with Gasteiger partial charge in [0.05, 0.1) is 0 Å². The summed E-state index contributed by atoms with van der Waals surface area (Å²) in [5.41, 5.74) is 0. The van der Waals surface area contributed by atoms with Gasteiger partial charge in [0, 0.05) is 6.04 Å². The van der Waals surface area contributed by atoms with E-state index in [2.05, 4.69) is 20.8 Å². The highest BCUT2D eigenvalue weighted by atomic mass is 31.1. The predicted molar refractivity (Wildman–Crippen MR) is 85.9 cm³/mol. The van der Waals surface area contributed by atoms with Crippen LogP contribution >= 0.6 is 18.1 Å². The number of nitrogens with one attached hydrogen (secondary N) is 4. The fraction of sp³-hybridized carbons (Fsp3) is 0.727. The van der Waals surface area contributed by atoms with Crippen molar-refractivity contribution in [1.82, 2.24) is 20.8 Å². The van der Waals surface area contributed by atoms with Crippen LogP contribution in [0.15, 0.2) is 0 Å². The van der Waals surface area contributed by atoms with Gasteiger partial charge in [-0.05, 0) is 36.8 Å². The molecule has 0 aliphatic carbocycles. The van der Waals surface area contributed by atoms with E-state index in [1.54, 1.807) is 6.92 Å². The molecule has 10 heteroatoms. The number of hydrogen-bond donors (Lipinski definition) is 5. The molecule has 21 heavy (non-hydrogen) atoms. The zero-order valence-electron chi connectivity index (χ0n) is 12.6. The van der Waals surface area contributed by atoms with E-state index in [1.165, 1.54) is 13.8 Å². The summed E-state index contributed by atoms with van der Waals surface area (Å²) >= 11 is 0. The lowest BCUT2D eigenvalue weighted by atomic mass is 10.1. The predicted octanol–water partition coefficient (Wildman–Crippen LogP) is -1.54. The van der Waals surface area contributed by atoms with Gasteiger partial charge in [0.1, 0.15) is 18.2 Å². The van der Waals surface area contributed by atoms with Crippen LogP contribution in [0.5, 0.6) is 0 Å². The molecule has 4 unspecified atom stereocenters. The van der Waals surface area contributed by atoms with Crippen molar-refractivity contribution in [1.29, 1.82) is 0 Å². The minimum Gasteiger partial charge on any atom is -0.382 e. The molecule has 0 spiro atoms. The quantitative estimate of drug-likeness (QED) is 0.344. The largest absolute Gasteiger partial charge is 0.382 e. The van der Waals surface area contributed by atoms with Crippen LogP contribution in [0, 0.1) is 0 Å². The van der Waals surface area contributed by atoms with Crippen LogP contribution in [-0.4, -0.2) is 53.7 Å². The standard InChI is InChI=1S/C11H24N4O4P2/c1-5(15-21-4)8(16)11(19)13-6(2)9(17)12-7(3)10(18)14-20/h5-8,15-16,21H,20H2,1-4H3,(H,12,17)(H,13,19)(H,14,18)/t5?,6-,7-,8?/m0/s1. The summed E-state index contributed by atoms with van der Waals surface area (Å²) in [6, 6.07) is -1.99. The zero-order valence-corrected chi connectivity index (χ0v) is 14.7. The molecule has 8 nitrogen and oxygen atoms in total. The molecule has 0 saturated heterocycles. The van der Waals surface area contributed by atoms with Gasteiger partial charge in [-0.15, -0.1) is 0 Å². The second-order valence-electron chi connectivity index (χ2n) is 4.60. The van der Waals surface area contributed by atoms with Gasteiger partial charge < -0.3 is 20.8 Å². The van der Waals surface area contributed by atoms with Crippen LogP contribution in [0.25, 0.3) is 0 Å². The maximum absolute atomic E-state index is 11.8. The smallest absolute Gasteiger partial charge is 0.251 e. The Kier molecular flexibility index (Phi) is 9.62. The first-order chi connectivity index (χ1) is 9.74. The molecule has 0 aromatic heterocycles. The maximum Gasteiger partial charge on any atom is 0.251 e. The Morgan fingerprint density at radius 3 is 1.95 bits per heavy atom. The summed E-state index contributed by atoms with van der Waals surface area (Å²) in [5, 5.41) is 19.9. The Morgan fingerprint density at radius 1 is 1.00 bits per heavy atom. The van der Waals surface area contributed by atoms with Crippen molar-refractivity contribution in [3.8, 4) is 0 Å². The van der Waals surface area contributed by atoms with Crippen LogP contribution in [0.2, 0.25) is 0 Å². The Labute approximate surface area is 128 Å². The Hall–Kier alpha value is -0.810. The van der Waals surface area contributed by atoms with Crippen LogP contribution < -0.4 is 20.8 Å². The average molecular weight is 338 g/mol. The summed E-state index contributed by atoms with van der Waals surface area (Å²) < 4.78 is 0. The Balaban J connectivity index is 4.40. The van der Waals surface area contributed by atoms with E-state index in [0.29, 0.717) is 8.73 Å². The summed E-state index contributed by atoms with van der Waals surface area (Å²) in [7, 11) is 2.44. The van der Waals surface area contributed by atoms with E-state index in [-0.39, 0.29) is 5.91 Å². The summed E-state index contributed by atoms with van der Waals surface area (Å²) in [6.45, 7) is 6.56. The number of aliphatic hydroxyl groups excluding tert-OH is 1. The molecule has 0 bridgehead atoms. The summed E-state index contributed by atoms with van der Waals surface area (Å²) in [4.78, 5) is 34.9. The third-order valence-electron chi connectivity index (χ3n) is 2.76. The van der Waals surface area contributed by atoms with Crippen molar-refractivity contribution >= 4 is 35.8 Å². The van der Waals surface area contributed by atoms with Gasteiger partial charge in [-0.1, -0.05) is 8.73 Å². The van der Waals surface area contributed by atoms with Gasteiger partial charge in [0.15, 0.2) is 0 Å². The molecule has 3 amide bonds. The third-order valence-corrected chi connectivity index (χ3v) is 3.79. The molecule has 0 heterocycles. The number of carbonyl (C=O) groups is 3. The van der Waals surface area contributed by atoms with Gasteiger partial charge in [-0.25, -0.2) is 0 Å². The first kappa shape index (κ1) is 20.2. The van der Waals surface area contributed by atoms with Crippen LogP contribution in [0.3, 0.4) is 0 Å².